The zero-order valence-electron chi connectivity index (χ0n) is 10.7. The van der Waals surface area contributed by atoms with Crippen LogP contribution in [0.1, 0.15) is 11.1 Å². The smallest absolute Gasteiger partial charge is 0.161 e. The third-order valence-corrected chi connectivity index (χ3v) is 3.21. The molecule has 0 atom stereocenters. The topological polar surface area (TPSA) is 18.5 Å². The maximum Gasteiger partial charge on any atom is 0.161 e. The van der Waals surface area contributed by atoms with Crippen LogP contribution in [-0.4, -0.2) is 7.11 Å². The standard InChI is InChI=1S/C15H14BrFO2/c1-10-3-6-14(15(7-10)18-2)19-9-11-4-5-12(16)8-13(11)17/h3-8H,9H2,1-2H3. The van der Waals surface area contributed by atoms with Crippen LogP contribution in [0.2, 0.25) is 0 Å². The van der Waals surface area contributed by atoms with E-state index in [0.717, 1.165) is 5.56 Å². The number of methoxy groups -OCH3 is 1. The van der Waals surface area contributed by atoms with Crippen LogP contribution in [-0.2, 0) is 6.61 Å². The Labute approximate surface area is 120 Å². The Morgan fingerprint density at radius 3 is 2.58 bits per heavy atom. The quantitative estimate of drug-likeness (QED) is 0.825. The van der Waals surface area contributed by atoms with Crippen molar-refractivity contribution in [3.8, 4) is 11.5 Å². The average molecular weight is 325 g/mol. The highest BCUT2D eigenvalue weighted by Gasteiger charge is 2.07. The van der Waals surface area contributed by atoms with Crippen LogP contribution in [0.5, 0.6) is 11.5 Å². The number of hydrogen-bond acceptors (Lipinski definition) is 2. The summed E-state index contributed by atoms with van der Waals surface area (Å²) in [5, 5.41) is 0. The van der Waals surface area contributed by atoms with Gasteiger partial charge in [-0.05, 0) is 36.8 Å². The number of rotatable bonds is 4. The van der Waals surface area contributed by atoms with Gasteiger partial charge in [-0.25, -0.2) is 4.39 Å². The van der Waals surface area contributed by atoms with Crippen molar-refractivity contribution < 1.29 is 13.9 Å². The first kappa shape index (κ1) is 13.9. The summed E-state index contributed by atoms with van der Waals surface area (Å²) < 4.78 is 25.2. The molecule has 2 nitrogen and oxygen atoms in total. The van der Waals surface area contributed by atoms with Gasteiger partial charge in [-0.15, -0.1) is 0 Å². The summed E-state index contributed by atoms with van der Waals surface area (Å²) in [5.41, 5.74) is 1.59. The third-order valence-electron chi connectivity index (χ3n) is 2.72. The second-order valence-electron chi connectivity index (χ2n) is 4.18. The van der Waals surface area contributed by atoms with Crippen molar-refractivity contribution in [1.29, 1.82) is 0 Å². The number of aryl methyl sites for hydroxylation is 1. The van der Waals surface area contributed by atoms with E-state index in [0.29, 0.717) is 21.5 Å². The molecule has 0 spiro atoms. The minimum atomic E-state index is -0.291. The summed E-state index contributed by atoms with van der Waals surface area (Å²) >= 11 is 3.22. The third kappa shape index (κ3) is 3.47. The van der Waals surface area contributed by atoms with E-state index < -0.39 is 0 Å². The molecule has 2 rings (SSSR count). The fourth-order valence-electron chi connectivity index (χ4n) is 1.69. The van der Waals surface area contributed by atoms with Gasteiger partial charge in [-0.2, -0.15) is 0 Å². The largest absolute Gasteiger partial charge is 0.493 e. The molecular formula is C15H14BrFO2. The van der Waals surface area contributed by atoms with E-state index in [9.17, 15) is 4.39 Å². The van der Waals surface area contributed by atoms with Crippen LogP contribution in [0.25, 0.3) is 0 Å². The number of benzene rings is 2. The SMILES string of the molecule is COc1cc(C)ccc1OCc1ccc(Br)cc1F. The first-order valence-corrected chi connectivity index (χ1v) is 6.61. The fraction of sp³-hybridized carbons (Fsp3) is 0.200. The molecule has 0 aromatic heterocycles. The minimum absolute atomic E-state index is 0.165. The summed E-state index contributed by atoms with van der Waals surface area (Å²) in [5.74, 6) is 0.966. The molecule has 0 aliphatic carbocycles. The van der Waals surface area contributed by atoms with Gasteiger partial charge in [-0.1, -0.05) is 28.1 Å². The van der Waals surface area contributed by atoms with E-state index in [-0.39, 0.29) is 12.4 Å². The Morgan fingerprint density at radius 1 is 1.11 bits per heavy atom. The Bertz CT molecular complexity index is 584. The summed E-state index contributed by atoms with van der Waals surface area (Å²) in [7, 11) is 1.59. The molecule has 0 bridgehead atoms. The predicted molar refractivity (Wildman–Crippen MR) is 76.2 cm³/mol. The van der Waals surface area contributed by atoms with Crippen LogP contribution >= 0.6 is 15.9 Å². The summed E-state index contributed by atoms with van der Waals surface area (Å²) in [6.45, 7) is 2.14. The number of halogens is 2. The lowest BCUT2D eigenvalue weighted by Crippen LogP contribution is -2.00. The van der Waals surface area contributed by atoms with Crippen LogP contribution in [0.4, 0.5) is 4.39 Å². The molecule has 19 heavy (non-hydrogen) atoms. The number of ether oxygens (including phenoxy) is 2. The van der Waals surface area contributed by atoms with E-state index in [4.69, 9.17) is 9.47 Å². The van der Waals surface area contributed by atoms with E-state index in [1.165, 1.54) is 6.07 Å². The molecule has 0 fully saturated rings. The molecule has 0 saturated carbocycles. The van der Waals surface area contributed by atoms with Crippen LogP contribution < -0.4 is 9.47 Å². The van der Waals surface area contributed by atoms with Crippen molar-refractivity contribution in [2.45, 2.75) is 13.5 Å². The molecule has 0 aliphatic rings. The van der Waals surface area contributed by atoms with Gasteiger partial charge in [-0.3, -0.25) is 0 Å². The first-order valence-electron chi connectivity index (χ1n) is 5.81. The van der Waals surface area contributed by atoms with Gasteiger partial charge < -0.3 is 9.47 Å². The average Bonchev–Trinajstić information content (AvgIpc) is 2.39. The van der Waals surface area contributed by atoms with Gasteiger partial charge in [0.25, 0.3) is 0 Å². The molecule has 2 aromatic rings. The minimum Gasteiger partial charge on any atom is -0.493 e. The number of hydrogen-bond donors (Lipinski definition) is 0. The Morgan fingerprint density at radius 2 is 1.89 bits per heavy atom. The first-order chi connectivity index (χ1) is 9.10. The normalized spacial score (nSPS) is 10.3. The van der Waals surface area contributed by atoms with Gasteiger partial charge in [0, 0.05) is 10.0 Å². The maximum atomic E-state index is 13.7. The summed E-state index contributed by atoms with van der Waals surface area (Å²) in [6.07, 6.45) is 0. The highest BCUT2D eigenvalue weighted by Crippen LogP contribution is 2.29. The maximum absolute atomic E-state index is 13.7. The molecule has 4 heteroatoms. The van der Waals surface area contributed by atoms with Gasteiger partial charge in [0.15, 0.2) is 11.5 Å². The predicted octanol–water partition coefficient (Wildman–Crippen LogP) is 4.48. The van der Waals surface area contributed by atoms with E-state index in [1.54, 1.807) is 19.2 Å². The Hall–Kier alpha value is -1.55. The zero-order chi connectivity index (χ0) is 13.8. The molecular weight excluding hydrogens is 311 g/mol. The van der Waals surface area contributed by atoms with Crippen LogP contribution in [0.3, 0.4) is 0 Å². The molecule has 0 N–H and O–H groups in total. The molecule has 100 valence electrons. The summed E-state index contributed by atoms with van der Waals surface area (Å²) in [6, 6.07) is 10.5. The second-order valence-corrected chi connectivity index (χ2v) is 5.09. The van der Waals surface area contributed by atoms with Crippen molar-refractivity contribution >= 4 is 15.9 Å². The molecule has 2 aromatic carbocycles. The lowest BCUT2D eigenvalue weighted by Gasteiger charge is -2.11. The van der Waals surface area contributed by atoms with Gasteiger partial charge in [0.05, 0.1) is 7.11 Å². The van der Waals surface area contributed by atoms with Crippen molar-refractivity contribution in [3.05, 3.63) is 57.8 Å². The monoisotopic (exact) mass is 324 g/mol. The molecule has 0 amide bonds. The van der Waals surface area contributed by atoms with Gasteiger partial charge >= 0.3 is 0 Å². The molecule has 0 radical (unpaired) electrons. The fourth-order valence-corrected chi connectivity index (χ4v) is 2.02. The molecule has 0 heterocycles. The van der Waals surface area contributed by atoms with Crippen molar-refractivity contribution in [3.63, 3.8) is 0 Å². The van der Waals surface area contributed by atoms with Crippen molar-refractivity contribution in [2.24, 2.45) is 0 Å². The molecule has 0 unspecified atom stereocenters. The lowest BCUT2D eigenvalue weighted by molar-refractivity contribution is 0.279. The highest BCUT2D eigenvalue weighted by molar-refractivity contribution is 9.10. The Kier molecular flexibility index (Phi) is 4.43. The van der Waals surface area contributed by atoms with E-state index in [2.05, 4.69) is 15.9 Å². The van der Waals surface area contributed by atoms with Crippen molar-refractivity contribution in [2.75, 3.05) is 7.11 Å². The highest BCUT2D eigenvalue weighted by atomic mass is 79.9. The Balaban J connectivity index is 2.14. The van der Waals surface area contributed by atoms with Gasteiger partial charge in [0.2, 0.25) is 0 Å². The lowest BCUT2D eigenvalue weighted by atomic mass is 10.2. The van der Waals surface area contributed by atoms with Crippen LogP contribution in [0.15, 0.2) is 40.9 Å². The van der Waals surface area contributed by atoms with Crippen molar-refractivity contribution in [1.82, 2.24) is 0 Å². The van der Waals surface area contributed by atoms with Gasteiger partial charge in [0.1, 0.15) is 12.4 Å². The zero-order valence-corrected chi connectivity index (χ0v) is 12.3. The summed E-state index contributed by atoms with van der Waals surface area (Å²) in [4.78, 5) is 0. The second kappa shape index (κ2) is 6.06. The van der Waals surface area contributed by atoms with E-state index in [1.807, 2.05) is 25.1 Å². The molecule has 0 aliphatic heterocycles. The van der Waals surface area contributed by atoms with Crippen LogP contribution in [0, 0.1) is 12.7 Å². The molecule has 0 saturated heterocycles. The van der Waals surface area contributed by atoms with E-state index >= 15 is 0 Å².